The van der Waals surface area contributed by atoms with E-state index in [2.05, 4.69) is 0 Å². The van der Waals surface area contributed by atoms with Gasteiger partial charge in [0.15, 0.2) is 0 Å². The van der Waals surface area contributed by atoms with Crippen LogP contribution in [0.25, 0.3) is 0 Å². The Kier molecular flexibility index (Phi) is 6.10. The minimum absolute atomic E-state index is 0.0440. The van der Waals surface area contributed by atoms with E-state index in [9.17, 15) is 23.3 Å². The number of ether oxygens (including phenoxy) is 2. The smallest absolute Gasteiger partial charge is 0.313 e. The molecule has 0 N–H and O–H groups in total. The highest BCUT2D eigenvalue weighted by atomic mass is 32.2. The topological polar surface area (TPSA) is 116 Å². The van der Waals surface area contributed by atoms with Gasteiger partial charge in [0, 0.05) is 19.2 Å². The summed E-state index contributed by atoms with van der Waals surface area (Å²) in [6.45, 7) is 5.67. The summed E-state index contributed by atoms with van der Waals surface area (Å²) in [5, 5.41) is 11.2. The number of carbonyl (C=O) groups is 1. The van der Waals surface area contributed by atoms with Crippen molar-refractivity contribution in [2.45, 2.75) is 32.1 Å². The molecule has 10 heteroatoms. The molecule has 1 heterocycles. The van der Waals surface area contributed by atoms with Crippen molar-refractivity contribution in [2.75, 3.05) is 26.8 Å². The van der Waals surface area contributed by atoms with Crippen LogP contribution < -0.4 is 4.74 Å². The molecule has 1 fully saturated rings. The Morgan fingerprint density at radius 3 is 2.59 bits per heavy atom. The highest BCUT2D eigenvalue weighted by Crippen LogP contribution is 2.43. The summed E-state index contributed by atoms with van der Waals surface area (Å²) in [7, 11) is -2.91. The van der Waals surface area contributed by atoms with Gasteiger partial charge in [0.05, 0.1) is 24.1 Å². The summed E-state index contributed by atoms with van der Waals surface area (Å²) in [6, 6.07) is 3.74. The van der Waals surface area contributed by atoms with E-state index in [0.29, 0.717) is 6.42 Å². The van der Waals surface area contributed by atoms with Crippen LogP contribution in [-0.4, -0.2) is 50.4 Å². The van der Waals surface area contributed by atoms with Gasteiger partial charge >= 0.3 is 11.7 Å². The molecular formula is C17H24N2O7S. The lowest BCUT2D eigenvalue weighted by Gasteiger charge is -2.30. The maximum Gasteiger partial charge on any atom is 0.313 e. The van der Waals surface area contributed by atoms with Crippen molar-refractivity contribution in [1.82, 2.24) is 4.31 Å². The third kappa shape index (κ3) is 3.63. The monoisotopic (exact) mass is 400 g/mol. The summed E-state index contributed by atoms with van der Waals surface area (Å²) in [6.07, 6.45) is 0.319. The summed E-state index contributed by atoms with van der Waals surface area (Å²) in [5.74, 6) is -0.881. The molecule has 0 amide bonds. The number of para-hydroxylation sites is 1. The molecule has 1 aliphatic heterocycles. The summed E-state index contributed by atoms with van der Waals surface area (Å²) in [4.78, 5) is 22.7. The zero-order valence-electron chi connectivity index (χ0n) is 15.8. The first-order valence-electron chi connectivity index (χ1n) is 8.60. The normalized spacial score (nSPS) is 20.6. The minimum Gasteiger partial charge on any atom is -0.489 e. The van der Waals surface area contributed by atoms with Crippen LogP contribution in [0.15, 0.2) is 23.1 Å². The Morgan fingerprint density at radius 2 is 2.07 bits per heavy atom. The van der Waals surface area contributed by atoms with E-state index in [-0.39, 0.29) is 36.3 Å². The van der Waals surface area contributed by atoms with Gasteiger partial charge in [0.2, 0.25) is 15.8 Å². The predicted molar refractivity (Wildman–Crippen MR) is 96.9 cm³/mol. The fraction of sp³-hybridized carbons (Fsp3) is 0.588. The second kappa shape index (κ2) is 7.81. The molecule has 1 atom stereocenters. The molecule has 1 aromatic rings. The lowest BCUT2D eigenvalue weighted by Crippen LogP contribution is -2.41. The van der Waals surface area contributed by atoms with Crippen molar-refractivity contribution in [3.05, 3.63) is 28.3 Å². The van der Waals surface area contributed by atoms with Gasteiger partial charge in [-0.1, -0.05) is 19.9 Å². The van der Waals surface area contributed by atoms with Gasteiger partial charge in [0.1, 0.15) is 4.90 Å². The van der Waals surface area contributed by atoms with E-state index in [4.69, 9.17) is 9.47 Å². The Bertz CT molecular complexity index is 838. The SMILES string of the molecule is CCOC(=O)C1(C(C)C)CCN(S(=O)(=O)c2cccc([N+](=O)[O-])c2OC)C1. The van der Waals surface area contributed by atoms with Gasteiger partial charge in [0.25, 0.3) is 0 Å². The molecule has 1 aliphatic rings. The zero-order chi connectivity index (χ0) is 20.4. The zero-order valence-corrected chi connectivity index (χ0v) is 16.6. The molecule has 1 saturated heterocycles. The first-order chi connectivity index (χ1) is 12.6. The second-order valence-corrected chi connectivity index (χ2v) is 8.59. The van der Waals surface area contributed by atoms with Gasteiger partial charge in [-0.05, 0) is 25.3 Å². The van der Waals surface area contributed by atoms with Crippen LogP contribution >= 0.6 is 0 Å². The standard InChI is InChI=1S/C17H24N2O7S/c1-5-26-16(20)17(12(2)3)9-10-18(11-17)27(23,24)14-8-6-7-13(19(21)22)15(14)25-4/h6-8,12H,5,9-11H2,1-4H3. The number of nitro benzene ring substituents is 1. The van der Waals surface area contributed by atoms with E-state index in [1.54, 1.807) is 6.92 Å². The maximum atomic E-state index is 13.2. The van der Waals surface area contributed by atoms with Crippen molar-refractivity contribution in [2.24, 2.45) is 11.3 Å². The average Bonchev–Trinajstić information content (AvgIpc) is 3.08. The fourth-order valence-electron chi connectivity index (χ4n) is 3.35. The molecule has 0 aliphatic carbocycles. The van der Waals surface area contributed by atoms with Crippen LogP contribution in [0.3, 0.4) is 0 Å². The van der Waals surface area contributed by atoms with E-state index >= 15 is 0 Å². The lowest BCUT2D eigenvalue weighted by atomic mass is 9.76. The number of benzene rings is 1. The number of esters is 1. The second-order valence-electron chi connectivity index (χ2n) is 6.69. The van der Waals surface area contributed by atoms with Crippen molar-refractivity contribution in [1.29, 1.82) is 0 Å². The number of hydrogen-bond acceptors (Lipinski definition) is 7. The molecule has 1 unspecified atom stereocenters. The third-order valence-corrected chi connectivity index (χ3v) is 6.90. The molecule has 0 radical (unpaired) electrons. The van der Waals surface area contributed by atoms with Crippen LogP contribution in [0.2, 0.25) is 0 Å². The van der Waals surface area contributed by atoms with Gasteiger partial charge in [-0.2, -0.15) is 4.31 Å². The molecule has 0 bridgehead atoms. The Labute approximate surface area is 158 Å². The molecular weight excluding hydrogens is 376 g/mol. The summed E-state index contributed by atoms with van der Waals surface area (Å²) in [5.41, 5.74) is -1.38. The Morgan fingerprint density at radius 1 is 1.41 bits per heavy atom. The number of rotatable bonds is 7. The quantitative estimate of drug-likeness (QED) is 0.391. The van der Waals surface area contributed by atoms with Crippen LogP contribution in [0.1, 0.15) is 27.2 Å². The Balaban J connectivity index is 2.46. The van der Waals surface area contributed by atoms with Crippen LogP contribution in [0, 0.1) is 21.4 Å². The van der Waals surface area contributed by atoms with Crippen LogP contribution in [0.4, 0.5) is 5.69 Å². The maximum absolute atomic E-state index is 13.2. The van der Waals surface area contributed by atoms with E-state index < -0.39 is 32.0 Å². The van der Waals surface area contributed by atoms with Crippen LogP contribution in [-0.2, 0) is 19.6 Å². The van der Waals surface area contributed by atoms with Crippen LogP contribution in [0.5, 0.6) is 5.75 Å². The number of carbonyl (C=O) groups excluding carboxylic acids is 1. The number of hydrogen-bond donors (Lipinski definition) is 0. The van der Waals surface area contributed by atoms with E-state index in [1.165, 1.54) is 29.6 Å². The van der Waals surface area contributed by atoms with Crippen molar-refractivity contribution in [3.63, 3.8) is 0 Å². The number of methoxy groups -OCH3 is 1. The molecule has 0 saturated carbocycles. The Hall–Kier alpha value is -2.20. The first-order valence-corrected chi connectivity index (χ1v) is 10.0. The first kappa shape index (κ1) is 21.1. The highest BCUT2D eigenvalue weighted by Gasteiger charge is 2.51. The summed E-state index contributed by atoms with van der Waals surface area (Å²) >= 11 is 0. The van der Waals surface area contributed by atoms with E-state index in [1.807, 2.05) is 13.8 Å². The molecule has 0 aromatic heterocycles. The molecule has 9 nitrogen and oxygen atoms in total. The van der Waals surface area contributed by atoms with Crippen molar-refractivity contribution >= 4 is 21.7 Å². The highest BCUT2D eigenvalue weighted by molar-refractivity contribution is 7.89. The third-order valence-electron chi connectivity index (χ3n) is 5.03. The fourth-order valence-corrected chi connectivity index (χ4v) is 5.03. The van der Waals surface area contributed by atoms with Gasteiger partial charge < -0.3 is 9.47 Å². The van der Waals surface area contributed by atoms with Crippen molar-refractivity contribution in [3.8, 4) is 5.75 Å². The molecule has 2 rings (SSSR count). The molecule has 1 aromatic carbocycles. The largest absolute Gasteiger partial charge is 0.489 e. The van der Waals surface area contributed by atoms with Crippen molar-refractivity contribution < 1.29 is 27.6 Å². The van der Waals surface area contributed by atoms with E-state index in [0.717, 1.165) is 0 Å². The number of nitro groups is 1. The van der Waals surface area contributed by atoms with Gasteiger partial charge in [-0.15, -0.1) is 0 Å². The molecule has 27 heavy (non-hydrogen) atoms. The molecule has 150 valence electrons. The minimum atomic E-state index is -4.09. The number of sulfonamides is 1. The predicted octanol–water partition coefficient (Wildman–Crippen LogP) is 2.20. The summed E-state index contributed by atoms with van der Waals surface area (Å²) < 4.78 is 37.7. The van der Waals surface area contributed by atoms with Gasteiger partial charge in [-0.25, -0.2) is 8.42 Å². The number of nitrogens with zero attached hydrogens (tertiary/aromatic N) is 2. The molecule has 0 spiro atoms. The average molecular weight is 400 g/mol. The lowest BCUT2D eigenvalue weighted by molar-refractivity contribution is -0.386. The van der Waals surface area contributed by atoms with Gasteiger partial charge in [-0.3, -0.25) is 14.9 Å².